The molecule has 2 aliphatic heterocycles. The molecule has 0 unspecified atom stereocenters. The van der Waals surface area contributed by atoms with Gasteiger partial charge in [-0.25, -0.2) is 0 Å². The van der Waals surface area contributed by atoms with Crippen molar-refractivity contribution in [2.45, 2.75) is 6.54 Å². The van der Waals surface area contributed by atoms with Crippen LogP contribution in [0.5, 0.6) is 5.75 Å². The fourth-order valence-corrected chi connectivity index (χ4v) is 4.85. The predicted octanol–water partition coefficient (Wildman–Crippen LogP) is 3.63. The van der Waals surface area contributed by atoms with Crippen LogP contribution in [0.1, 0.15) is 5.56 Å². The van der Waals surface area contributed by atoms with Gasteiger partial charge in [-0.15, -0.1) is 0 Å². The SMILES string of the molecule is C(=NNc1cc(N2CCOCC2)nc(N2CCOCC2)n1)c1cn(CCOc2ccccc2)c2ccccc12. The summed E-state index contributed by atoms with van der Waals surface area (Å²) < 4.78 is 19.2. The summed E-state index contributed by atoms with van der Waals surface area (Å²) in [7, 11) is 0. The number of hydrogen-bond acceptors (Lipinski definition) is 9. The number of hydrogen-bond donors (Lipinski definition) is 1. The average Bonchev–Trinajstić information content (AvgIpc) is 3.36. The van der Waals surface area contributed by atoms with Crippen molar-refractivity contribution >= 4 is 34.7 Å². The zero-order chi connectivity index (χ0) is 26.3. The topological polar surface area (TPSA) is 89.3 Å². The normalized spacial score (nSPS) is 16.2. The standard InChI is InChI=1S/C29H33N7O3/c1-2-6-24(7-3-1)39-19-14-36-22-23(25-8-4-5-9-26(25)36)21-30-33-27-20-28(34-10-15-37-16-11-34)32-29(31-27)35-12-17-38-18-13-35/h1-9,20-22H,10-19H2,(H,31,32,33). The fraction of sp³-hybridized carbons (Fsp3) is 0.345. The number of hydrazone groups is 1. The molecular formula is C29H33N7O3. The van der Waals surface area contributed by atoms with E-state index in [2.05, 4.69) is 49.3 Å². The summed E-state index contributed by atoms with van der Waals surface area (Å²) >= 11 is 0. The van der Waals surface area contributed by atoms with E-state index in [-0.39, 0.29) is 0 Å². The second-order valence-corrected chi connectivity index (χ2v) is 9.44. The molecule has 202 valence electrons. The molecule has 0 aliphatic carbocycles. The van der Waals surface area contributed by atoms with Gasteiger partial charge in [0.15, 0.2) is 5.82 Å². The van der Waals surface area contributed by atoms with Gasteiger partial charge in [0.1, 0.15) is 18.2 Å². The third-order valence-electron chi connectivity index (χ3n) is 6.88. The van der Waals surface area contributed by atoms with Crippen LogP contribution in [-0.2, 0) is 16.0 Å². The Labute approximate surface area is 227 Å². The molecule has 2 aromatic heterocycles. The molecule has 4 heterocycles. The van der Waals surface area contributed by atoms with Gasteiger partial charge in [0, 0.05) is 54.9 Å². The molecule has 2 saturated heterocycles. The van der Waals surface area contributed by atoms with Crippen LogP contribution in [0.15, 0.2) is 72.0 Å². The van der Waals surface area contributed by atoms with Crippen molar-refractivity contribution in [3.8, 4) is 5.75 Å². The number of aromatic nitrogens is 3. The van der Waals surface area contributed by atoms with Gasteiger partial charge in [-0.2, -0.15) is 15.1 Å². The Kier molecular flexibility index (Phi) is 7.83. The zero-order valence-electron chi connectivity index (χ0n) is 21.9. The van der Waals surface area contributed by atoms with Crippen LogP contribution >= 0.6 is 0 Å². The molecule has 10 nitrogen and oxygen atoms in total. The highest BCUT2D eigenvalue weighted by Gasteiger charge is 2.19. The van der Waals surface area contributed by atoms with Gasteiger partial charge >= 0.3 is 0 Å². The van der Waals surface area contributed by atoms with E-state index in [1.807, 2.05) is 48.7 Å². The molecule has 2 aliphatic rings. The molecule has 6 rings (SSSR count). The van der Waals surface area contributed by atoms with Gasteiger partial charge in [-0.05, 0) is 18.2 Å². The summed E-state index contributed by atoms with van der Waals surface area (Å²) in [4.78, 5) is 14.0. The quantitative estimate of drug-likeness (QED) is 0.261. The van der Waals surface area contributed by atoms with Crippen LogP contribution in [0.4, 0.5) is 17.6 Å². The summed E-state index contributed by atoms with van der Waals surface area (Å²) in [6, 6.07) is 20.2. The van der Waals surface area contributed by atoms with E-state index in [4.69, 9.17) is 24.2 Å². The Bertz CT molecular complexity index is 1360. The summed E-state index contributed by atoms with van der Waals surface area (Å²) in [5.74, 6) is 3.10. The summed E-state index contributed by atoms with van der Waals surface area (Å²) in [6.45, 7) is 7.17. The highest BCUT2D eigenvalue weighted by molar-refractivity contribution is 5.99. The van der Waals surface area contributed by atoms with Crippen LogP contribution in [0.2, 0.25) is 0 Å². The number of rotatable bonds is 9. The second-order valence-electron chi connectivity index (χ2n) is 9.44. The fourth-order valence-electron chi connectivity index (χ4n) is 4.85. The number of ether oxygens (including phenoxy) is 3. The van der Waals surface area contributed by atoms with Gasteiger partial charge in [-0.3, -0.25) is 5.43 Å². The van der Waals surface area contributed by atoms with Crippen molar-refractivity contribution in [3.63, 3.8) is 0 Å². The first-order chi connectivity index (χ1) is 19.3. The van der Waals surface area contributed by atoms with Crippen molar-refractivity contribution < 1.29 is 14.2 Å². The molecular weight excluding hydrogens is 494 g/mol. The lowest BCUT2D eigenvalue weighted by Crippen LogP contribution is -2.39. The smallest absolute Gasteiger partial charge is 0.229 e. The first-order valence-corrected chi connectivity index (χ1v) is 13.4. The van der Waals surface area contributed by atoms with Gasteiger partial charge in [0.05, 0.1) is 39.2 Å². The minimum Gasteiger partial charge on any atom is -0.492 e. The zero-order valence-corrected chi connectivity index (χ0v) is 21.9. The number of morpholine rings is 2. The molecule has 0 bridgehead atoms. The summed E-state index contributed by atoms with van der Waals surface area (Å²) in [5, 5.41) is 5.71. The highest BCUT2D eigenvalue weighted by Crippen LogP contribution is 2.23. The lowest BCUT2D eigenvalue weighted by atomic mass is 10.2. The Morgan fingerprint density at radius 2 is 1.59 bits per heavy atom. The number of anilines is 3. The number of fused-ring (bicyclic) bond motifs is 1. The maximum Gasteiger partial charge on any atom is 0.229 e. The largest absolute Gasteiger partial charge is 0.492 e. The Morgan fingerprint density at radius 1 is 0.872 bits per heavy atom. The van der Waals surface area contributed by atoms with Crippen LogP contribution in [0, 0.1) is 0 Å². The lowest BCUT2D eigenvalue weighted by Gasteiger charge is -2.31. The maximum atomic E-state index is 5.92. The number of nitrogens with zero attached hydrogens (tertiary/aromatic N) is 6. The van der Waals surface area contributed by atoms with Gasteiger partial charge < -0.3 is 28.6 Å². The van der Waals surface area contributed by atoms with E-state index in [1.54, 1.807) is 0 Å². The van der Waals surface area contributed by atoms with Crippen molar-refractivity contribution in [1.82, 2.24) is 14.5 Å². The molecule has 10 heteroatoms. The monoisotopic (exact) mass is 527 g/mol. The minimum absolute atomic E-state index is 0.576. The van der Waals surface area contributed by atoms with E-state index in [9.17, 15) is 0 Å². The lowest BCUT2D eigenvalue weighted by molar-refractivity contribution is 0.121. The average molecular weight is 528 g/mol. The first-order valence-electron chi connectivity index (χ1n) is 13.4. The summed E-state index contributed by atoms with van der Waals surface area (Å²) in [5.41, 5.74) is 5.32. The molecule has 0 saturated carbocycles. The maximum absolute atomic E-state index is 5.92. The second kappa shape index (κ2) is 12.1. The van der Waals surface area contributed by atoms with E-state index in [0.717, 1.165) is 60.8 Å². The van der Waals surface area contributed by atoms with E-state index < -0.39 is 0 Å². The molecule has 2 aromatic carbocycles. The van der Waals surface area contributed by atoms with Crippen LogP contribution in [0.25, 0.3) is 10.9 Å². The molecule has 0 spiro atoms. The molecule has 0 radical (unpaired) electrons. The molecule has 4 aromatic rings. The highest BCUT2D eigenvalue weighted by atomic mass is 16.5. The van der Waals surface area contributed by atoms with Crippen molar-refractivity contribution in [2.75, 3.05) is 74.4 Å². The van der Waals surface area contributed by atoms with Crippen molar-refractivity contribution in [1.29, 1.82) is 0 Å². The van der Waals surface area contributed by atoms with Gasteiger partial charge in [-0.1, -0.05) is 36.4 Å². The molecule has 2 fully saturated rings. The Morgan fingerprint density at radius 3 is 2.38 bits per heavy atom. The minimum atomic E-state index is 0.576. The van der Waals surface area contributed by atoms with Gasteiger partial charge in [0.2, 0.25) is 5.95 Å². The Balaban J connectivity index is 1.20. The van der Waals surface area contributed by atoms with Crippen molar-refractivity contribution in [3.05, 3.63) is 72.4 Å². The van der Waals surface area contributed by atoms with Crippen LogP contribution in [0.3, 0.4) is 0 Å². The van der Waals surface area contributed by atoms with Crippen LogP contribution < -0.4 is 20.0 Å². The third kappa shape index (κ3) is 6.13. The van der Waals surface area contributed by atoms with E-state index >= 15 is 0 Å². The first kappa shape index (κ1) is 25.1. The summed E-state index contributed by atoms with van der Waals surface area (Å²) in [6.07, 6.45) is 3.96. The molecule has 39 heavy (non-hydrogen) atoms. The number of benzene rings is 2. The van der Waals surface area contributed by atoms with Crippen LogP contribution in [-0.4, -0.2) is 80.0 Å². The molecule has 1 N–H and O–H groups in total. The molecule has 0 amide bonds. The predicted molar refractivity (Wildman–Crippen MR) is 153 cm³/mol. The third-order valence-corrected chi connectivity index (χ3v) is 6.88. The molecule has 0 atom stereocenters. The number of para-hydroxylation sites is 2. The van der Waals surface area contributed by atoms with Crippen molar-refractivity contribution in [2.24, 2.45) is 5.10 Å². The van der Waals surface area contributed by atoms with E-state index in [1.165, 1.54) is 0 Å². The Hall–Kier alpha value is -4.15. The number of nitrogens with one attached hydrogen (secondary N) is 1. The van der Waals surface area contributed by atoms with Gasteiger partial charge in [0.25, 0.3) is 0 Å². The van der Waals surface area contributed by atoms with E-state index in [0.29, 0.717) is 44.8 Å².